The first-order valence-electron chi connectivity index (χ1n) is 8.63. The van der Waals surface area contributed by atoms with Crippen molar-refractivity contribution in [2.24, 2.45) is 5.10 Å². The number of rotatable bonds is 7. The highest BCUT2D eigenvalue weighted by Gasteiger charge is 2.21. The van der Waals surface area contributed by atoms with Gasteiger partial charge in [-0.2, -0.15) is 5.10 Å². The number of amides is 2. The van der Waals surface area contributed by atoms with Gasteiger partial charge in [0.1, 0.15) is 22.2 Å². The highest BCUT2D eigenvalue weighted by molar-refractivity contribution is 7.92. The summed E-state index contributed by atoms with van der Waals surface area (Å²) in [7, 11) is -3.79. The molecule has 0 aliphatic heterocycles. The fraction of sp³-hybridized carbons (Fsp3) is 0.105. The van der Waals surface area contributed by atoms with E-state index in [4.69, 9.17) is 0 Å². The molecule has 30 heavy (non-hydrogen) atoms. The molecule has 11 heteroatoms. The lowest BCUT2D eigenvalue weighted by Crippen LogP contribution is -2.25. The molecule has 3 aromatic rings. The average Bonchev–Trinajstić information content (AvgIpc) is 3.26. The van der Waals surface area contributed by atoms with Crippen LogP contribution in [-0.4, -0.2) is 41.7 Å². The minimum Gasteiger partial charge on any atom is -0.326 e. The monoisotopic (exact) mass is 443 g/mol. The maximum absolute atomic E-state index is 12.9. The minimum absolute atomic E-state index is 0.0527. The number of aromatic nitrogens is 2. The molecule has 2 heterocycles. The smallest absolute Gasteiger partial charge is 0.289 e. The number of carbonyl (C=O) groups is 2. The molecule has 0 saturated heterocycles. The predicted octanol–water partition coefficient (Wildman–Crippen LogP) is 2.10. The third kappa shape index (κ3) is 5.55. The number of hydrazone groups is 1. The van der Waals surface area contributed by atoms with Crippen molar-refractivity contribution in [1.82, 2.24) is 15.4 Å². The van der Waals surface area contributed by atoms with Crippen molar-refractivity contribution < 1.29 is 18.0 Å². The largest absolute Gasteiger partial charge is 0.326 e. The Labute approximate surface area is 176 Å². The number of anilines is 1. The van der Waals surface area contributed by atoms with Crippen LogP contribution >= 0.6 is 11.3 Å². The van der Waals surface area contributed by atoms with Crippen LogP contribution in [0.5, 0.6) is 0 Å². The minimum atomic E-state index is -3.79. The number of benzene rings is 1. The normalized spacial score (nSPS) is 11.7. The fourth-order valence-electron chi connectivity index (χ4n) is 2.39. The first kappa shape index (κ1) is 21.3. The third-order valence-corrected chi connectivity index (χ3v) is 6.20. The SMILES string of the molecule is CC(=O)Nc1ccc(S(=O)(=O)C/C(=N/NC(=O)c2ccccn2)c2nccs2)cc1. The van der Waals surface area contributed by atoms with Crippen LogP contribution in [0.15, 0.2) is 70.2 Å². The van der Waals surface area contributed by atoms with Crippen LogP contribution < -0.4 is 10.7 Å². The maximum Gasteiger partial charge on any atom is 0.289 e. The van der Waals surface area contributed by atoms with Crippen molar-refractivity contribution >= 4 is 44.4 Å². The van der Waals surface area contributed by atoms with Gasteiger partial charge < -0.3 is 5.32 Å². The molecule has 2 N–H and O–H groups in total. The van der Waals surface area contributed by atoms with Gasteiger partial charge in [-0.05, 0) is 36.4 Å². The first-order chi connectivity index (χ1) is 14.3. The zero-order valence-electron chi connectivity index (χ0n) is 15.8. The van der Waals surface area contributed by atoms with Crippen LogP contribution in [0.4, 0.5) is 5.69 Å². The number of hydrogen-bond donors (Lipinski definition) is 2. The average molecular weight is 444 g/mol. The number of nitrogens with zero attached hydrogens (tertiary/aromatic N) is 3. The Hall–Kier alpha value is -3.44. The topological polar surface area (TPSA) is 130 Å². The maximum atomic E-state index is 12.9. The number of nitrogens with one attached hydrogen (secondary N) is 2. The predicted molar refractivity (Wildman–Crippen MR) is 113 cm³/mol. The number of pyridine rings is 1. The Kier molecular flexibility index (Phi) is 6.65. The summed E-state index contributed by atoms with van der Waals surface area (Å²) < 4.78 is 25.7. The molecule has 3 rings (SSSR count). The van der Waals surface area contributed by atoms with Gasteiger partial charge >= 0.3 is 0 Å². The Morgan fingerprint density at radius 1 is 1.07 bits per heavy atom. The molecule has 0 aliphatic rings. The summed E-state index contributed by atoms with van der Waals surface area (Å²) >= 11 is 1.20. The van der Waals surface area contributed by atoms with Crippen LogP contribution in [0.1, 0.15) is 22.4 Å². The van der Waals surface area contributed by atoms with Gasteiger partial charge in [0, 0.05) is 30.4 Å². The Bertz CT molecular complexity index is 1160. The lowest BCUT2D eigenvalue weighted by atomic mass is 10.3. The number of sulfone groups is 1. The molecular formula is C19H17N5O4S2. The van der Waals surface area contributed by atoms with Gasteiger partial charge in [-0.15, -0.1) is 11.3 Å². The van der Waals surface area contributed by atoms with Crippen molar-refractivity contribution in [3.63, 3.8) is 0 Å². The van der Waals surface area contributed by atoms with E-state index in [0.717, 1.165) is 0 Å². The first-order valence-corrected chi connectivity index (χ1v) is 11.2. The van der Waals surface area contributed by atoms with E-state index >= 15 is 0 Å². The lowest BCUT2D eigenvalue weighted by Gasteiger charge is -2.08. The Balaban J connectivity index is 1.82. The second-order valence-corrected chi connectivity index (χ2v) is 8.90. The number of hydrogen-bond acceptors (Lipinski definition) is 8. The Morgan fingerprint density at radius 2 is 1.83 bits per heavy atom. The molecule has 2 amide bonds. The van der Waals surface area contributed by atoms with E-state index in [1.54, 1.807) is 17.5 Å². The molecule has 0 atom stereocenters. The van der Waals surface area contributed by atoms with E-state index in [2.05, 4.69) is 25.8 Å². The quantitative estimate of drug-likeness (QED) is 0.425. The highest BCUT2D eigenvalue weighted by atomic mass is 32.2. The molecule has 0 spiro atoms. The van der Waals surface area contributed by atoms with Crippen molar-refractivity contribution in [2.75, 3.05) is 11.1 Å². The van der Waals surface area contributed by atoms with Crippen LogP contribution in [0.3, 0.4) is 0 Å². The van der Waals surface area contributed by atoms with E-state index in [1.165, 1.54) is 61.0 Å². The summed E-state index contributed by atoms with van der Waals surface area (Å²) in [6, 6.07) is 10.6. The van der Waals surface area contributed by atoms with E-state index in [0.29, 0.717) is 10.7 Å². The summed E-state index contributed by atoms with van der Waals surface area (Å²) in [5, 5.41) is 8.63. The molecular weight excluding hydrogens is 426 g/mol. The Morgan fingerprint density at radius 3 is 2.43 bits per heavy atom. The lowest BCUT2D eigenvalue weighted by molar-refractivity contribution is -0.114. The van der Waals surface area contributed by atoms with Crippen LogP contribution in [0.25, 0.3) is 0 Å². The van der Waals surface area contributed by atoms with Gasteiger partial charge in [0.2, 0.25) is 5.91 Å². The van der Waals surface area contributed by atoms with Crippen LogP contribution in [0, 0.1) is 0 Å². The van der Waals surface area contributed by atoms with Gasteiger partial charge in [-0.25, -0.2) is 18.8 Å². The number of carbonyl (C=O) groups excluding carboxylic acids is 2. The molecule has 9 nitrogen and oxygen atoms in total. The van der Waals surface area contributed by atoms with Crippen molar-refractivity contribution in [3.8, 4) is 0 Å². The van der Waals surface area contributed by atoms with Gasteiger partial charge in [0.25, 0.3) is 5.91 Å². The molecule has 0 aliphatic carbocycles. The summed E-state index contributed by atoms with van der Waals surface area (Å²) in [5.41, 5.74) is 3.06. The molecule has 0 bridgehead atoms. The second kappa shape index (κ2) is 9.37. The second-order valence-electron chi connectivity index (χ2n) is 6.02. The molecule has 1 aromatic carbocycles. The van der Waals surface area contributed by atoms with Crippen LogP contribution in [-0.2, 0) is 14.6 Å². The van der Waals surface area contributed by atoms with E-state index in [1.807, 2.05) is 0 Å². The third-order valence-electron chi connectivity index (χ3n) is 3.73. The van der Waals surface area contributed by atoms with E-state index in [-0.39, 0.29) is 22.2 Å². The van der Waals surface area contributed by atoms with Crippen molar-refractivity contribution in [3.05, 3.63) is 70.9 Å². The van der Waals surface area contributed by atoms with Gasteiger partial charge in [0.15, 0.2) is 9.84 Å². The molecule has 0 saturated carbocycles. The summed E-state index contributed by atoms with van der Waals surface area (Å²) in [6.07, 6.45) is 2.99. The molecule has 154 valence electrons. The van der Waals surface area contributed by atoms with Crippen molar-refractivity contribution in [1.29, 1.82) is 0 Å². The molecule has 0 fully saturated rings. The summed E-state index contributed by atoms with van der Waals surface area (Å²) in [6.45, 7) is 1.36. The van der Waals surface area contributed by atoms with E-state index in [9.17, 15) is 18.0 Å². The zero-order chi connectivity index (χ0) is 21.6. The highest BCUT2D eigenvalue weighted by Crippen LogP contribution is 2.18. The summed E-state index contributed by atoms with van der Waals surface area (Å²) in [5.74, 6) is -1.29. The zero-order valence-corrected chi connectivity index (χ0v) is 17.4. The standard InChI is InChI=1S/C19H17N5O4S2/c1-13(25)22-14-5-7-15(8-6-14)30(27,28)12-17(19-21-10-11-29-19)23-24-18(26)16-4-2-3-9-20-16/h2-11H,12H2,1H3,(H,22,25)(H,24,26)/b23-17-. The van der Waals surface area contributed by atoms with Gasteiger partial charge in [0.05, 0.1) is 4.90 Å². The number of thiazole rings is 1. The van der Waals surface area contributed by atoms with Crippen molar-refractivity contribution in [2.45, 2.75) is 11.8 Å². The van der Waals surface area contributed by atoms with Crippen LogP contribution in [0.2, 0.25) is 0 Å². The molecule has 2 aromatic heterocycles. The molecule has 0 radical (unpaired) electrons. The summed E-state index contributed by atoms with van der Waals surface area (Å²) in [4.78, 5) is 31.4. The van der Waals surface area contributed by atoms with E-state index < -0.39 is 21.5 Å². The fourth-order valence-corrected chi connectivity index (χ4v) is 4.39. The van der Waals surface area contributed by atoms with Gasteiger partial charge in [-0.1, -0.05) is 6.07 Å². The molecule has 0 unspecified atom stereocenters. The van der Waals surface area contributed by atoms with Gasteiger partial charge in [-0.3, -0.25) is 14.6 Å².